The Morgan fingerprint density at radius 2 is 2.04 bits per heavy atom. The second-order valence-electron chi connectivity index (χ2n) is 6.75. The smallest absolute Gasteiger partial charge is 0.129 e. The summed E-state index contributed by atoms with van der Waals surface area (Å²) in [5.41, 5.74) is 1.34. The number of likely N-dealkylation sites (tertiary alicyclic amines) is 1. The molecule has 25 heavy (non-hydrogen) atoms. The van der Waals surface area contributed by atoms with E-state index in [4.69, 9.17) is 9.15 Å². The molecule has 2 aromatic heterocycles. The maximum atomic E-state index is 5.86. The van der Waals surface area contributed by atoms with Crippen molar-refractivity contribution in [3.63, 3.8) is 0 Å². The number of ether oxygens (including phenoxy) is 1. The molecule has 1 atom stereocenters. The van der Waals surface area contributed by atoms with Gasteiger partial charge in [-0.3, -0.25) is 14.8 Å². The zero-order chi connectivity index (χ0) is 17.5. The summed E-state index contributed by atoms with van der Waals surface area (Å²) in [6, 6.07) is 8.92. The fourth-order valence-corrected chi connectivity index (χ4v) is 3.64. The molecule has 3 rings (SSSR count). The van der Waals surface area contributed by atoms with Crippen molar-refractivity contribution in [2.24, 2.45) is 0 Å². The third-order valence-electron chi connectivity index (χ3n) is 4.92. The number of hydrogen-bond donors (Lipinski definition) is 0. The Hall–Kier alpha value is -1.69. The summed E-state index contributed by atoms with van der Waals surface area (Å²) in [6.07, 6.45) is 6.27. The minimum Gasteiger partial charge on any atom is -0.462 e. The van der Waals surface area contributed by atoms with Crippen LogP contribution in [0.15, 0.2) is 41.1 Å². The maximum Gasteiger partial charge on any atom is 0.129 e. The molecule has 1 aliphatic rings. The number of likely N-dealkylation sites (N-methyl/N-ethyl adjacent to an activating group) is 1. The molecule has 3 heterocycles. The molecule has 0 spiro atoms. The summed E-state index contributed by atoms with van der Waals surface area (Å²) in [6.45, 7) is 7.98. The van der Waals surface area contributed by atoms with Gasteiger partial charge in [0, 0.05) is 38.6 Å². The van der Waals surface area contributed by atoms with Crippen LogP contribution >= 0.6 is 0 Å². The van der Waals surface area contributed by atoms with E-state index in [1.54, 1.807) is 7.11 Å². The van der Waals surface area contributed by atoms with Crippen molar-refractivity contribution in [3.8, 4) is 0 Å². The topological polar surface area (TPSA) is 41.7 Å². The molecule has 0 radical (unpaired) electrons. The molecule has 1 aliphatic heterocycles. The standard InChI is InChI=1S/C20H29N3O2/c1-3-23(13-17-8-10-21-11-9-17)18-5-4-12-22(14-18)15-19-6-7-20(25-19)16-24-2/h6-11,18H,3-5,12-16H2,1-2H3. The van der Waals surface area contributed by atoms with E-state index in [9.17, 15) is 0 Å². The second-order valence-corrected chi connectivity index (χ2v) is 6.75. The average Bonchev–Trinajstić information content (AvgIpc) is 3.08. The van der Waals surface area contributed by atoms with Crippen LogP contribution in [0.1, 0.15) is 36.8 Å². The number of nitrogens with zero attached hydrogens (tertiary/aromatic N) is 3. The summed E-state index contributed by atoms with van der Waals surface area (Å²) in [7, 11) is 1.69. The van der Waals surface area contributed by atoms with Gasteiger partial charge in [-0.1, -0.05) is 6.92 Å². The van der Waals surface area contributed by atoms with Crippen molar-refractivity contribution < 1.29 is 9.15 Å². The number of hydrogen-bond acceptors (Lipinski definition) is 5. The van der Waals surface area contributed by atoms with E-state index in [1.165, 1.54) is 18.4 Å². The monoisotopic (exact) mass is 343 g/mol. The summed E-state index contributed by atoms with van der Waals surface area (Å²) in [4.78, 5) is 9.21. The first-order valence-electron chi connectivity index (χ1n) is 9.20. The van der Waals surface area contributed by atoms with Crippen LogP contribution in [0.3, 0.4) is 0 Å². The van der Waals surface area contributed by atoms with Crippen molar-refractivity contribution in [1.29, 1.82) is 0 Å². The highest BCUT2D eigenvalue weighted by Crippen LogP contribution is 2.20. The van der Waals surface area contributed by atoms with Crippen molar-refractivity contribution in [3.05, 3.63) is 53.7 Å². The van der Waals surface area contributed by atoms with Crippen LogP contribution in [0, 0.1) is 0 Å². The van der Waals surface area contributed by atoms with E-state index < -0.39 is 0 Å². The highest BCUT2D eigenvalue weighted by atomic mass is 16.5. The zero-order valence-corrected chi connectivity index (χ0v) is 15.4. The Balaban J connectivity index is 1.57. The van der Waals surface area contributed by atoms with Gasteiger partial charge in [0.05, 0.1) is 6.54 Å². The number of pyridine rings is 1. The van der Waals surface area contributed by atoms with Gasteiger partial charge in [0.25, 0.3) is 0 Å². The number of piperidine rings is 1. The minimum atomic E-state index is 0.540. The van der Waals surface area contributed by atoms with Crippen molar-refractivity contribution in [1.82, 2.24) is 14.8 Å². The molecule has 1 saturated heterocycles. The Labute approximate surface area is 150 Å². The molecule has 0 bridgehead atoms. The summed E-state index contributed by atoms with van der Waals surface area (Å²) in [5.74, 6) is 1.93. The lowest BCUT2D eigenvalue weighted by molar-refractivity contribution is 0.0864. The van der Waals surface area contributed by atoms with Gasteiger partial charge in [-0.05, 0) is 55.8 Å². The molecule has 1 fully saturated rings. The lowest BCUT2D eigenvalue weighted by Crippen LogP contribution is -2.47. The Morgan fingerprint density at radius 1 is 1.24 bits per heavy atom. The van der Waals surface area contributed by atoms with Crippen LogP contribution in [0.4, 0.5) is 0 Å². The van der Waals surface area contributed by atoms with E-state index in [2.05, 4.69) is 39.9 Å². The molecule has 2 aromatic rings. The summed E-state index contributed by atoms with van der Waals surface area (Å²) >= 11 is 0. The first kappa shape index (κ1) is 18.1. The zero-order valence-electron chi connectivity index (χ0n) is 15.4. The largest absolute Gasteiger partial charge is 0.462 e. The first-order valence-corrected chi connectivity index (χ1v) is 9.20. The van der Waals surface area contributed by atoms with E-state index in [1.807, 2.05) is 18.5 Å². The molecular weight excluding hydrogens is 314 g/mol. The van der Waals surface area contributed by atoms with Crippen LogP contribution < -0.4 is 0 Å². The normalized spacial score (nSPS) is 18.8. The van der Waals surface area contributed by atoms with Crippen LogP contribution in [0.5, 0.6) is 0 Å². The van der Waals surface area contributed by atoms with E-state index in [-0.39, 0.29) is 0 Å². The highest BCUT2D eigenvalue weighted by Gasteiger charge is 2.25. The van der Waals surface area contributed by atoms with Crippen LogP contribution in [0.25, 0.3) is 0 Å². The highest BCUT2D eigenvalue weighted by molar-refractivity contribution is 5.10. The summed E-state index contributed by atoms with van der Waals surface area (Å²) in [5, 5.41) is 0. The number of aromatic nitrogens is 1. The fraction of sp³-hybridized carbons (Fsp3) is 0.550. The Morgan fingerprint density at radius 3 is 2.80 bits per heavy atom. The number of furan rings is 1. The fourth-order valence-electron chi connectivity index (χ4n) is 3.64. The van der Waals surface area contributed by atoms with Gasteiger partial charge < -0.3 is 9.15 Å². The summed E-state index contributed by atoms with van der Waals surface area (Å²) < 4.78 is 11.0. The maximum absolute atomic E-state index is 5.86. The van der Waals surface area contributed by atoms with Gasteiger partial charge in [0.1, 0.15) is 18.1 Å². The van der Waals surface area contributed by atoms with Gasteiger partial charge in [0.15, 0.2) is 0 Å². The van der Waals surface area contributed by atoms with Gasteiger partial charge in [0.2, 0.25) is 0 Å². The molecular formula is C20H29N3O2. The molecule has 0 N–H and O–H groups in total. The molecule has 0 amide bonds. The lowest BCUT2D eigenvalue weighted by Gasteiger charge is -2.38. The molecule has 5 heteroatoms. The van der Waals surface area contributed by atoms with E-state index in [0.717, 1.165) is 44.2 Å². The number of rotatable bonds is 8. The quantitative estimate of drug-likeness (QED) is 0.735. The predicted octanol–water partition coefficient (Wildman–Crippen LogP) is 3.31. The Bertz CT molecular complexity index is 629. The van der Waals surface area contributed by atoms with E-state index >= 15 is 0 Å². The molecule has 0 aromatic carbocycles. The average molecular weight is 343 g/mol. The molecule has 0 saturated carbocycles. The van der Waals surface area contributed by atoms with Crippen molar-refractivity contribution in [2.45, 2.75) is 45.5 Å². The number of methoxy groups -OCH3 is 1. The third kappa shape index (κ3) is 5.14. The molecule has 1 unspecified atom stereocenters. The molecule has 5 nitrogen and oxygen atoms in total. The predicted molar refractivity (Wildman–Crippen MR) is 98.0 cm³/mol. The van der Waals surface area contributed by atoms with Gasteiger partial charge in [-0.15, -0.1) is 0 Å². The second kappa shape index (κ2) is 9.13. The third-order valence-corrected chi connectivity index (χ3v) is 4.92. The van der Waals surface area contributed by atoms with Gasteiger partial charge in [-0.2, -0.15) is 0 Å². The minimum absolute atomic E-state index is 0.540. The molecule has 0 aliphatic carbocycles. The van der Waals surface area contributed by atoms with Crippen molar-refractivity contribution >= 4 is 0 Å². The first-order chi connectivity index (χ1) is 12.3. The van der Waals surface area contributed by atoms with Crippen LogP contribution in [-0.2, 0) is 24.4 Å². The van der Waals surface area contributed by atoms with Crippen LogP contribution in [-0.4, -0.2) is 47.6 Å². The molecule has 136 valence electrons. The SMILES string of the molecule is CCN(Cc1ccncc1)C1CCCN(Cc2ccc(COC)o2)C1. The van der Waals surface area contributed by atoms with Crippen LogP contribution in [0.2, 0.25) is 0 Å². The van der Waals surface area contributed by atoms with Gasteiger partial charge in [-0.25, -0.2) is 0 Å². The van der Waals surface area contributed by atoms with Crippen molar-refractivity contribution in [2.75, 3.05) is 26.7 Å². The van der Waals surface area contributed by atoms with E-state index in [0.29, 0.717) is 12.6 Å². The van der Waals surface area contributed by atoms with Gasteiger partial charge >= 0.3 is 0 Å². The Kier molecular flexibility index (Phi) is 6.62. The lowest BCUT2D eigenvalue weighted by atomic mass is 10.0.